The van der Waals surface area contributed by atoms with Crippen LogP contribution >= 0.6 is 0 Å². The lowest BCUT2D eigenvalue weighted by atomic mass is 10.1. The van der Waals surface area contributed by atoms with E-state index >= 15 is 0 Å². The van der Waals surface area contributed by atoms with Crippen LogP contribution in [-0.4, -0.2) is 39.6 Å². The Morgan fingerprint density at radius 1 is 1.12 bits per heavy atom. The van der Waals surface area contributed by atoms with Crippen molar-refractivity contribution in [2.75, 3.05) is 19.5 Å². The van der Waals surface area contributed by atoms with E-state index in [9.17, 15) is 4.79 Å². The van der Waals surface area contributed by atoms with E-state index in [4.69, 9.17) is 9.47 Å². The topological polar surface area (TPSA) is 91.2 Å². The molecule has 128 valence electrons. The summed E-state index contributed by atoms with van der Waals surface area (Å²) in [4.78, 5) is 25.1. The molecule has 2 aromatic heterocycles. The Hall–Kier alpha value is -3.42. The molecule has 0 bridgehead atoms. The first kappa shape index (κ1) is 16.4. The quantitative estimate of drug-likeness (QED) is 0.766. The number of imidazole rings is 1. The summed E-state index contributed by atoms with van der Waals surface area (Å²) in [5.41, 5.74) is 0.348. The first-order valence-electron chi connectivity index (χ1n) is 7.48. The molecule has 0 atom stereocenters. The van der Waals surface area contributed by atoms with Gasteiger partial charge in [-0.3, -0.25) is 9.36 Å². The second kappa shape index (κ2) is 7.00. The fourth-order valence-electron chi connectivity index (χ4n) is 2.34. The molecule has 0 aliphatic carbocycles. The lowest BCUT2D eigenvalue weighted by Gasteiger charge is -2.11. The number of carbonyl (C=O) groups excluding carboxylic acids is 1. The summed E-state index contributed by atoms with van der Waals surface area (Å²) >= 11 is 0. The van der Waals surface area contributed by atoms with E-state index in [-0.39, 0.29) is 5.91 Å². The van der Waals surface area contributed by atoms with Gasteiger partial charge in [-0.25, -0.2) is 15.0 Å². The molecule has 8 heteroatoms. The minimum absolute atomic E-state index is 0.348. The predicted octanol–water partition coefficient (Wildman–Crippen LogP) is 2.24. The average molecular weight is 339 g/mol. The Balaban J connectivity index is 1.88. The number of amides is 1. The van der Waals surface area contributed by atoms with Gasteiger partial charge in [0.15, 0.2) is 0 Å². The van der Waals surface area contributed by atoms with Crippen LogP contribution in [0.15, 0.2) is 43.0 Å². The van der Waals surface area contributed by atoms with Gasteiger partial charge in [0.1, 0.15) is 35.3 Å². The fraction of sp³-hybridized carbons (Fsp3) is 0.176. The number of ether oxygens (including phenoxy) is 2. The SMILES string of the molecule is COc1ccc(OC)c(C(=O)Nc2cc(-n3ccnc3C)ncn2)c1. The Kier molecular flexibility index (Phi) is 4.60. The van der Waals surface area contributed by atoms with Gasteiger partial charge in [-0.1, -0.05) is 0 Å². The highest BCUT2D eigenvalue weighted by atomic mass is 16.5. The molecule has 0 saturated carbocycles. The second-order valence-corrected chi connectivity index (χ2v) is 5.13. The number of anilines is 1. The molecule has 1 N–H and O–H groups in total. The summed E-state index contributed by atoms with van der Waals surface area (Å²) in [6, 6.07) is 6.67. The number of carbonyl (C=O) groups is 1. The highest BCUT2D eigenvalue weighted by molar-refractivity contribution is 6.06. The maximum atomic E-state index is 12.6. The van der Waals surface area contributed by atoms with E-state index in [0.29, 0.717) is 28.7 Å². The van der Waals surface area contributed by atoms with Crippen LogP contribution in [0, 0.1) is 6.92 Å². The molecule has 0 saturated heterocycles. The van der Waals surface area contributed by atoms with Gasteiger partial charge >= 0.3 is 0 Å². The van der Waals surface area contributed by atoms with E-state index in [2.05, 4.69) is 20.3 Å². The summed E-state index contributed by atoms with van der Waals surface area (Å²) in [5, 5.41) is 2.75. The number of hydrogen-bond acceptors (Lipinski definition) is 6. The summed E-state index contributed by atoms with van der Waals surface area (Å²) in [7, 11) is 3.04. The van der Waals surface area contributed by atoms with Gasteiger partial charge in [-0.05, 0) is 25.1 Å². The van der Waals surface area contributed by atoms with Crippen LogP contribution in [0.1, 0.15) is 16.2 Å². The second-order valence-electron chi connectivity index (χ2n) is 5.13. The Bertz CT molecular complexity index is 907. The van der Waals surface area contributed by atoms with Crippen molar-refractivity contribution in [3.63, 3.8) is 0 Å². The number of hydrogen-bond donors (Lipinski definition) is 1. The molecule has 0 spiro atoms. The van der Waals surface area contributed by atoms with Crippen LogP contribution in [0.25, 0.3) is 5.82 Å². The standard InChI is InChI=1S/C17H17N5O3/c1-11-18-6-7-22(11)16-9-15(19-10-20-16)21-17(23)13-8-12(24-2)4-5-14(13)25-3/h4-10H,1-3H3,(H,19,20,21,23). The van der Waals surface area contributed by atoms with Crippen molar-refractivity contribution >= 4 is 11.7 Å². The van der Waals surface area contributed by atoms with E-state index in [1.807, 2.05) is 6.92 Å². The highest BCUT2D eigenvalue weighted by Crippen LogP contribution is 2.24. The lowest BCUT2D eigenvalue weighted by molar-refractivity contribution is 0.102. The molecule has 0 aliphatic heterocycles. The Morgan fingerprint density at radius 3 is 2.64 bits per heavy atom. The summed E-state index contributed by atoms with van der Waals surface area (Å²) in [5.74, 6) is 2.40. The molecule has 3 aromatic rings. The number of aryl methyl sites for hydroxylation is 1. The molecular formula is C17H17N5O3. The van der Waals surface area contributed by atoms with Crippen molar-refractivity contribution in [2.24, 2.45) is 0 Å². The molecule has 1 aromatic carbocycles. The van der Waals surface area contributed by atoms with Gasteiger partial charge < -0.3 is 14.8 Å². The molecule has 0 unspecified atom stereocenters. The lowest BCUT2D eigenvalue weighted by Crippen LogP contribution is -2.15. The first-order chi connectivity index (χ1) is 12.1. The molecule has 0 aliphatic rings. The number of aromatic nitrogens is 4. The number of benzene rings is 1. The zero-order valence-electron chi connectivity index (χ0n) is 14.1. The Labute approximate surface area is 144 Å². The summed E-state index contributed by atoms with van der Waals surface area (Å²) in [6.45, 7) is 1.86. The van der Waals surface area contributed by atoms with Crippen LogP contribution in [0.4, 0.5) is 5.82 Å². The van der Waals surface area contributed by atoms with Crippen LogP contribution in [0.3, 0.4) is 0 Å². The smallest absolute Gasteiger partial charge is 0.260 e. The number of nitrogens with one attached hydrogen (secondary N) is 1. The van der Waals surface area contributed by atoms with Crippen LogP contribution < -0.4 is 14.8 Å². The first-order valence-corrected chi connectivity index (χ1v) is 7.48. The largest absolute Gasteiger partial charge is 0.497 e. The van der Waals surface area contributed by atoms with Crippen molar-refractivity contribution in [3.8, 4) is 17.3 Å². The minimum Gasteiger partial charge on any atom is -0.497 e. The van der Waals surface area contributed by atoms with Crippen molar-refractivity contribution in [1.29, 1.82) is 0 Å². The third-order valence-corrected chi connectivity index (χ3v) is 3.62. The molecule has 0 radical (unpaired) electrons. The van der Waals surface area contributed by atoms with Gasteiger partial charge in [-0.15, -0.1) is 0 Å². The Morgan fingerprint density at radius 2 is 1.96 bits per heavy atom. The number of rotatable bonds is 5. The molecule has 25 heavy (non-hydrogen) atoms. The van der Waals surface area contributed by atoms with Crippen molar-refractivity contribution in [2.45, 2.75) is 6.92 Å². The molecule has 1 amide bonds. The maximum absolute atomic E-state index is 12.6. The summed E-state index contributed by atoms with van der Waals surface area (Å²) in [6.07, 6.45) is 4.85. The fourth-order valence-corrected chi connectivity index (χ4v) is 2.34. The molecule has 2 heterocycles. The van der Waals surface area contributed by atoms with Crippen LogP contribution in [0.5, 0.6) is 11.5 Å². The van der Waals surface area contributed by atoms with E-state index in [1.165, 1.54) is 20.5 Å². The monoisotopic (exact) mass is 339 g/mol. The summed E-state index contributed by atoms with van der Waals surface area (Å²) < 4.78 is 12.2. The molecular weight excluding hydrogens is 322 g/mol. The van der Waals surface area contributed by atoms with E-state index < -0.39 is 0 Å². The number of methoxy groups -OCH3 is 2. The van der Waals surface area contributed by atoms with Crippen molar-refractivity contribution in [3.05, 3.63) is 54.4 Å². The van der Waals surface area contributed by atoms with Gasteiger partial charge in [0.05, 0.1) is 19.8 Å². The molecule has 0 fully saturated rings. The zero-order chi connectivity index (χ0) is 17.8. The zero-order valence-corrected chi connectivity index (χ0v) is 14.1. The van der Waals surface area contributed by atoms with Crippen LogP contribution in [0.2, 0.25) is 0 Å². The third kappa shape index (κ3) is 3.42. The molecule has 8 nitrogen and oxygen atoms in total. The van der Waals surface area contributed by atoms with Gasteiger partial charge in [-0.2, -0.15) is 0 Å². The molecule has 3 rings (SSSR count). The van der Waals surface area contributed by atoms with E-state index in [1.54, 1.807) is 41.2 Å². The highest BCUT2D eigenvalue weighted by Gasteiger charge is 2.15. The van der Waals surface area contributed by atoms with Crippen LogP contribution in [-0.2, 0) is 0 Å². The number of nitrogens with zero attached hydrogens (tertiary/aromatic N) is 4. The minimum atomic E-state index is -0.359. The average Bonchev–Trinajstić information content (AvgIpc) is 3.07. The van der Waals surface area contributed by atoms with Crippen molar-refractivity contribution in [1.82, 2.24) is 19.5 Å². The normalized spacial score (nSPS) is 10.4. The van der Waals surface area contributed by atoms with Gasteiger partial charge in [0, 0.05) is 18.5 Å². The third-order valence-electron chi connectivity index (χ3n) is 3.62. The van der Waals surface area contributed by atoms with Gasteiger partial charge in [0.25, 0.3) is 5.91 Å². The van der Waals surface area contributed by atoms with Crippen molar-refractivity contribution < 1.29 is 14.3 Å². The van der Waals surface area contributed by atoms with E-state index in [0.717, 1.165) is 5.82 Å². The predicted molar refractivity (Wildman–Crippen MR) is 91.4 cm³/mol. The maximum Gasteiger partial charge on any atom is 0.260 e. The van der Waals surface area contributed by atoms with Gasteiger partial charge in [0.2, 0.25) is 0 Å².